The van der Waals surface area contributed by atoms with Gasteiger partial charge in [-0.3, -0.25) is 9.59 Å². The van der Waals surface area contributed by atoms with E-state index in [9.17, 15) is 27.6 Å². The lowest BCUT2D eigenvalue weighted by Crippen LogP contribution is -2.27. The molecule has 35 heavy (non-hydrogen) atoms. The predicted octanol–water partition coefficient (Wildman–Crippen LogP) is 3.52. The van der Waals surface area contributed by atoms with Crippen molar-refractivity contribution in [2.24, 2.45) is 0 Å². The molecule has 12 heteroatoms. The van der Waals surface area contributed by atoms with E-state index in [-0.39, 0.29) is 23.0 Å². The minimum absolute atomic E-state index is 0.0301. The van der Waals surface area contributed by atoms with Gasteiger partial charge < -0.3 is 15.0 Å². The lowest BCUT2D eigenvalue weighted by molar-refractivity contribution is -0.137. The number of rotatable bonds is 6. The van der Waals surface area contributed by atoms with Gasteiger partial charge in [0.2, 0.25) is 5.91 Å². The summed E-state index contributed by atoms with van der Waals surface area (Å²) in [5, 5.41) is 6.64. The first-order valence-corrected chi connectivity index (χ1v) is 10.6. The first-order valence-electron chi connectivity index (χ1n) is 10.6. The van der Waals surface area contributed by atoms with Crippen LogP contribution in [-0.4, -0.2) is 45.7 Å². The number of carbonyl (C=O) groups excluding carboxylic acids is 3. The summed E-state index contributed by atoms with van der Waals surface area (Å²) in [4.78, 5) is 42.3. The van der Waals surface area contributed by atoms with Crippen molar-refractivity contribution in [3.8, 4) is 5.82 Å². The third-order valence-electron chi connectivity index (χ3n) is 5.40. The third kappa shape index (κ3) is 5.15. The van der Waals surface area contributed by atoms with Crippen LogP contribution < -0.4 is 10.2 Å². The van der Waals surface area contributed by atoms with Gasteiger partial charge in [-0.15, -0.1) is 0 Å². The number of benzene rings is 1. The van der Waals surface area contributed by atoms with E-state index in [1.165, 1.54) is 17.8 Å². The van der Waals surface area contributed by atoms with E-state index in [2.05, 4.69) is 15.4 Å². The number of pyridine rings is 1. The lowest BCUT2D eigenvalue weighted by atomic mass is 10.2. The summed E-state index contributed by atoms with van der Waals surface area (Å²) >= 11 is 0. The summed E-state index contributed by atoms with van der Waals surface area (Å²) in [6, 6.07) is 8.82. The van der Waals surface area contributed by atoms with E-state index in [0.29, 0.717) is 30.5 Å². The third-order valence-corrected chi connectivity index (χ3v) is 5.40. The topological polar surface area (TPSA) is 106 Å². The molecule has 9 nitrogen and oxygen atoms in total. The molecular formula is C23H20F3N5O4. The van der Waals surface area contributed by atoms with Crippen LogP contribution in [0.2, 0.25) is 0 Å². The molecule has 0 aliphatic carbocycles. The fourth-order valence-electron chi connectivity index (χ4n) is 3.63. The van der Waals surface area contributed by atoms with Crippen LogP contribution in [0.5, 0.6) is 0 Å². The SMILES string of the molecule is Cc1c(C(=O)OCC(=O)Nc2ccccc2N2CCCC2=O)cnn1-c1ccc(C(F)(F)F)cn1. The van der Waals surface area contributed by atoms with E-state index in [1.54, 1.807) is 29.2 Å². The van der Waals surface area contributed by atoms with Gasteiger partial charge in [0, 0.05) is 19.2 Å². The summed E-state index contributed by atoms with van der Waals surface area (Å²) in [7, 11) is 0. The molecule has 0 atom stereocenters. The van der Waals surface area contributed by atoms with E-state index in [1.807, 2.05) is 0 Å². The summed E-state index contributed by atoms with van der Waals surface area (Å²) in [5.74, 6) is -1.39. The number of hydrogen-bond acceptors (Lipinski definition) is 6. The van der Waals surface area contributed by atoms with Gasteiger partial charge in [0.15, 0.2) is 12.4 Å². The first kappa shape index (κ1) is 23.9. The minimum Gasteiger partial charge on any atom is -0.452 e. The molecule has 1 saturated heterocycles. The molecule has 3 aromatic rings. The molecule has 4 rings (SSSR count). The van der Waals surface area contributed by atoms with Gasteiger partial charge in [0.1, 0.15) is 5.56 Å². The number of ether oxygens (including phenoxy) is 1. The molecule has 182 valence electrons. The molecule has 0 saturated carbocycles. The Hall–Kier alpha value is -4.22. The Morgan fingerprint density at radius 2 is 1.91 bits per heavy atom. The fraction of sp³-hybridized carbons (Fsp3) is 0.261. The molecule has 0 unspecified atom stereocenters. The summed E-state index contributed by atoms with van der Waals surface area (Å²) in [6.07, 6.45) is -1.50. The van der Waals surface area contributed by atoms with Crippen molar-refractivity contribution >= 4 is 29.2 Å². The number of hydrogen-bond donors (Lipinski definition) is 1. The van der Waals surface area contributed by atoms with E-state index in [0.717, 1.165) is 18.6 Å². The number of nitrogens with zero attached hydrogens (tertiary/aromatic N) is 4. The molecule has 1 aromatic carbocycles. The maximum absolute atomic E-state index is 12.7. The average molecular weight is 487 g/mol. The number of amides is 2. The number of alkyl halides is 3. The number of para-hydroxylation sites is 2. The molecule has 0 spiro atoms. The molecule has 3 heterocycles. The minimum atomic E-state index is -4.52. The normalized spacial score (nSPS) is 13.7. The zero-order chi connectivity index (χ0) is 25.2. The van der Waals surface area contributed by atoms with Gasteiger partial charge in [-0.05, 0) is 37.6 Å². The van der Waals surface area contributed by atoms with Crippen molar-refractivity contribution in [3.05, 3.63) is 65.6 Å². The Morgan fingerprint density at radius 3 is 2.57 bits per heavy atom. The Labute approximate surface area is 197 Å². The summed E-state index contributed by atoms with van der Waals surface area (Å²) < 4.78 is 44.5. The van der Waals surface area contributed by atoms with E-state index >= 15 is 0 Å². The van der Waals surface area contributed by atoms with E-state index < -0.39 is 30.2 Å². The van der Waals surface area contributed by atoms with Crippen molar-refractivity contribution in [2.75, 3.05) is 23.4 Å². The summed E-state index contributed by atoms with van der Waals surface area (Å²) in [6.45, 7) is 1.48. The van der Waals surface area contributed by atoms with Crippen molar-refractivity contribution in [1.82, 2.24) is 14.8 Å². The van der Waals surface area contributed by atoms with Crippen LogP contribution in [-0.2, 0) is 20.5 Å². The van der Waals surface area contributed by atoms with Crippen LogP contribution in [0.15, 0.2) is 48.8 Å². The van der Waals surface area contributed by atoms with Crippen molar-refractivity contribution < 1.29 is 32.3 Å². The number of carbonyl (C=O) groups is 3. The smallest absolute Gasteiger partial charge is 0.417 e. The number of aromatic nitrogens is 3. The molecule has 1 aliphatic heterocycles. The maximum Gasteiger partial charge on any atom is 0.417 e. The molecular weight excluding hydrogens is 467 g/mol. The van der Waals surface area contributed by atoms with Gasteiger partial charge in [0.25, 0.3) is 5.91 Å². The standard InChI is InChI=1S/C23H20F3N5O4/c1-14-16(12-28-31(14)19-9-8-15(11-27-19)23(24,25)26)22(34)35-13-20(32)29-17-5-2-3-6-18(17)30-10-4-7-21(30)33/h2-3,5-6,8-9,11-12H,4,7,10,13H2,1H3,(H,29,32). The highest BCUT2D eigenvalue weighted by Gasteiger charge is 2.31. The van der Waals surface area contributed by atoms with Gasteiger partial charge in [-0.25, -0.2) is 14.5 Å². The zero-order valence-electron chi connectivity index (χ0n) is 18.5. The van der Waals surface area contributed by atoms with Crippen LogP contribution in [0, 0.1) is 6.92 Å². The first-order chi connectivity index (χ1) is 16.6. The largest absolute Gasteiger partial charge is 0.452 e. The van der Waals surface area contributed by atoms with Crippen molar-refractivity contribution in [2.45, 2.75) is 25.9 Å². The summed E-state index contributed by atoms with van der Waals surface area (Å²) in [5.41, 5.74) is 0.382. The van der Waals surface area contributed by atoms with Gasteiger partial charge >= 0.3 is 12.1 Å². The highest BCUT2D eigenvalue weighted by molar-refractivity contribution is 6.03. The van der Waals surface area contributed by atoms with E-state index in [4.69, 9.17) is 4.74 Å². The van der Waals surface area contributed by atoms with Crippen LogP contribution in [0.1, 0.15) is 34.5 Å². The number of nitrogens with one attached hydrogen (secondary N) is 1. The molecule has 1 N–H and O–H groups in total. The molecule has 2 aromatic heterocycles. The zero-order valence-corrected chi connectivity index (χ0v) is 18.5. The molecule has 0 bridgehead atoms. The van der Waals surface area contributed by atoms with Crippen LogP contribution in [0.3, 0.4) is 0 Å². The molecule has 1 aliphatic rings. The Balaban J connectivity index is 1.40. The molecule has 2 amide bonds. The second kappa shape index (κ2) is 9.57. The van der Waals surface area contributed by atoms with Gasteiger partial charge in [-0.1, -0.05) is 12.1 Å². The van der Waals surface area contributed by atoms with Crippen LogP contribution in [0.25, 0.3) is 5.82 Å². The average Bonchev–Trinajstić information content (AvgIpc) is 3.42. The second-order valence-corrected chi connectivity index (χ2v) is 7.75. The molecule has 0 radical (unpaired) electrons. The van der Waals surface area contributed by atoms with Gasteiger partial charge in [0.05, 0.1) is 28.8 Å². The lowest BCUT2D eigenvalue weighted by Gasteiger charge is -2.19. The predicted molar refractivity (Wildman–Crippen MR) is 118 cm³/mol. The van der Waals surface area contributed by atoms with Crippen molar-refractivity contribution in [1.29, 1.82) is 0 Å². The van der Waals surface area contributed by atoms with Gasteiger partial charge in [-0.2, -0.15) is 18.3 Å². The Morgan fingerprint density at radius 1 is 1.14 bits per heavy atom. The number of esters is 1. The number of halogens is 3. The Kier molecular flexibility index (Phi) is 6.54. The van der Waals surface area contributed by atoms with Crippen LogP contribution >= 0.6 is 0 Å². The quantitative estimate of drug-likeness (QED) is 0.534. The monoisotopic (exact) mass is 487 g/mol. The molecule has 1 fully saturated rings. The number of anilines is 2. The Bertz CT molecular complexity index is 1270. The second-order valence-electron chi connectivity index (χ2n) is 7.75. The fourth-order valence-corrected chi connectivity index (χ4v) is 3.63. The van der Waals surface area contributed by atoms with Crippen molar-refractivity contribution in [3.63, 3.8) is 0 Å². The highest BCUT2D eigenvalue weighted by atomic mass is 19.4. The highest BCUT2D eigenvalue weighted by Crippen LogP contribution is 2.30. The maximum atomic E-state index is 12.7. The van der Waals surface area contributed by atoms with Crippen LogP contribution in [0.4, 0.5) is 24.5 Å².